The molecule has 0 radical (unpaired) electrons. The lowest BCUT2D eigenvalue weighted by molar-refractivity contribution is -0.119. The van der Waals surface area contributed by atoms with Crippen LogP contribution in [-0.2, 0) is 9.53 Å². The van der Waals surface area contributed by atoms with Crippen LogP contribution in [0.25, 0.3) is 0 Å². The topological polar surface area (TPSA) is 73.9 Å². The minimum absolute atomic E-state index is 0.103. The Hall–Kier alpha value is -3.06. The summed E-state index contributed by atoms with van der Waals surface area (Å²) in [5.74, 6) is -1.34. The predicted molar refractivity (Wildman–Crippen MR) is 99.0 cm³/mol. The van der Waals surface area contributed by atoms with E-state index in [9.17, 15) is 14.0 Å². The normalized spacial score (nSPS) is 10.0. The molecule has 0 aromatic heterocycles. The molecule has 1 N–H and O–H groups in total. The number of carbonyl (C=O) groups excluding carboxylic acids is 2. The third kappa shape index (κ3) is 5.72. The molecular weight excluding hydrogens is 377 g/mol. The van der Waals surface area contributed by atoms with Gasteiger partial charge in [0.05, 0.1) is 18.4 Å². The van der Waals surface area contributed by atoms with Gasteiger partial charge in [0.1, 0.15) is 12.4 Å². The lowest BCUT2D eigenvalue weighted by Crippen LogP contribution is -2.21. The maximum absolute atomic E-state index is 13.6. The number of benzene rings is 2. The quantitative estimate of drug-likeness (QED) is 0.544. The molecule has 0 aliphatic rings. The molecule has 2 rings (SSSR count). The van der Waals surface area contributed by atoms with Gasteiger partial charge in [0.2, 0.25) is 0 Å². The van der Waals surface area contributed by atoms with Gasteiger partial charge in [-0.1, -0.05) is 24.3 Å². The second-order valence-corrected chi connectivity index (χ2v) is 5.65. The molecule has 27 heavy (non-hydrogen) atoms. The average molecular weight is 394 g/mol. The summed E-state index contributed by atoms with van der Waals surface area (Å²) in [5.41, 5.74) is 0.0634. The fourth-order valence-electron chi connectivity index (χ4n) is 2.06. The van der Waals surface area contributed by atoms with Gasteiger partial charge in [-0.15, -0.1) is 0 Å². The number of rotatable bonds is 8. The van der Waals surface area contributed by atoms with Gasteiger partial charge in [-0.3, -0.25) is 4.79 Å². The number of carbonyl (C=O) groups is 2. The first kappa shape index (κ1) is 20.3. The molecule has 0 saturated carbocycles. The van der Waals surface area contributed by atoms with Crippen LogP contribution in [0.1, 0.15) is 10.4 Å². The monoisotopic (exact) mass is 393 g/mol. The SMILES string of the molecule is C=CCOc1ccc(C(=O)OCC(=O)Nc2cc(Cl)ccc2F)cc1OC. The fraction of sp³-hybridized carbons (Fsp3) is 0.158. The van der Waals surface area contributed by atoms with Crippen LogP contribution in [0.2, 0.25) is 5.02 Å². The Balaban J connectivity index is 1.97. The van der Waals surface area contributed by atoms with Crippen LogP contribution in [-0.4, -0.2) is 32.2 Å². The Morgan fingerprint density at radius 1 is 1.22 bits per heavy atom. The van der Waals surface area contributed by atoms with E-state index in [-0.39, 0.29) is 22.9 Å². The smallest absolute Gasteiger partial charge is 0.338 e. The van der Waals surface area contributed by atoms with Crippen LogP contribution in [0.4, 0.5) is 10.1 Å². The van der Waals surface area contributed by atoms with Gasteiger partial charge in [0.25, 0.3) is 5.91 Å². The number of nitrogens with one attached hydrogen (secondary N) is 1. The highest BCUT2D eigenvalue weighted by atomic mass is 35.5. The molecular formula is C19H17ClFNO5. The van der Waals surface area contributed by atoms with E-state index in [1.165, 1.54) is 31.4 Å². The van der Waals surface area contributed by atoms with Gasteiger partial charge in [-0.05, 0) is 36.4 Å². The summed E-state index contributed by atoms with van der Waals surface area (Å²) in [6.45, 7) is 3.23. The van der Waals surface area contributed by atoms with Crippen molar-refractivity contribution in [2.45, 2.75) is 0 Å². The van der Waals surface area contributed by atoms with Crippen LogP contribution < -0.4 is 14.8 Å². The van der Waals surface area contributed by atoms with Gasteiger partial charge in [0.15, 0.2) is 18.1 Å². The first-order chi connectivity index (χ1) is 12.9. The lowest BCUT2D eigenvalue weighted by atomic mass is 10.2. The maximum Gasteiger partial charge on any atom is 0.338 e. The van der Waals surface area contributed by atoms with E-state index in [1.54, 1.807) is 12.1 Å². The number of hydrogen-bond donors (Lipinski definition) is 1. The first-order valence-electron chi connectivity index (χ1n) is 7.78. The largest absolute Gasteiger partial charge is 0.493 e. The summed E-state index contributed by atoms with van der Waals surface area (Å²) < 4.78 is 29.1. The van der Waals surface area contributed by atoms with Crippen molar-refractivity contribution < 1.29 is 28.2 Å². The second-order valence-electron chi connectivity index (χ2n) is 5.21. The summed E-state index contributed by atoms with van der Waals surface area (Å²) >= 11 is 5.75. The van der Waals surface area contributed by atoms with E-state index < -0.39 is 24.3 Å². The zero-order valence-electron chi connectivity index (χ0n) is 14.5. The van der Waals surface area contributed by atoms with Crippen LogP contribution >= 0.6 is 11.6 Å². The Morgan fingerprint density at radius 3 is 2.70 bits per heavy atom. The first-order valence-corrected chi connectivity index (χ1v) is 8.16. The standard InChI is InChI=1S/C19H17ClFNO5/c1-3-8-26-16-7-4-12(9-17(16)25-2)19(24)27-11-18(23)22-15-10-13(20)5-6-14(15)21/h3-7,9-10H,1,8,11H2,2H3,(H,22,23). The van der Waals surface area contributed by atoms with E-state index in [2.05, 4.69) is 11.9 Å². The summed E-state index contributed by atoms with van der Waals surface area (Å²) in [5, 5.41) is 2.54. The Morgan fingerprint density at radius 2 is 2.00 bits per heavy atom. The van der Waals surface area contributed by atoms with Gasteiger partial charge < -0.3 is 19.5 Å². The van der Waals surface area contributed by atoms with Crippen molar-refractivity contribution in [1.82, 2.24) is 0 Å². The van der Waals surface area contributed by atoms with Crippen LogP contribution in [0, 0.1) is 5.82 Å². The van der Waals surface area contributed by atoms with Gasteiger partial charge in [-0.25, -0.2) is 9.18 Å². The Kier molecular flexibility index (Phi) is 7.19. The average Bonchev–Trinajstić information content (AvgIpc) is 2.67. The van der Waals surface area contributed by atoms with E-state index in [1.807, 2.05) is 0 Å². The highest BCUT2D eigenvalue weighted by Gasteiger charge is 2.15. The number of halogens is 2. The van der Waals surface area contributed by atoms with Crippen molar-refractivity contribution in [1.29, 1.82) is 0 Å². The number of anilines is 1. The lowest BCUT2D eigenvalue weighted by Gasteiger charge is -2.11. The van der Waals surface area contributed by atoms with E-state index in [0.717, 1.165) is 6.07 Å². The third-order valence-electron chi connectivity index (χ3n) is 3.29. The fourth-order valence-corrected chi connectivity index (χ4v) is 2.23. The molecule has 0 heterocycles. The molecule has 0 spiro atoms. The van der Waals surface area contributed by atoms with Crippen molar-refractivity contribution >= 4 is 29.2 Å². The molecule has 0 aliphatic heterocycles. The predicted octanol–water partition coefficient (Wildman–Crippen LogP) is 3.85. The van der Waals surface area contributed by atoms with Crippen LogP contribution in [0.5, 0.6) is 11.5 Å². The summed E-state index contributed by atoms with van der Waals surface area (Å²) in [4.78, 5) is 24.0. The summed E-state index contributed by atoms with van der Waals surface area (Å²) in [6.07, 6.45) is 1.57. The zero-order chi connectivity index (χ0) is 19.8. The molecule has 2 aromatic carbocycles. The number of hydrogen-bond acceptors (Lipinski definition) is 5. The molecule has 0 unspecified atom stereocenters. The van der Waals surface area contributed by atoms with Crippen molar-refractivity contribution in [3.63, 3.8) is 0 Å². The molecule has 2 aromatic rings. The molecule has 0 fully saturated rings. The number of esters is 1. The van der Waals surface area contributed by atoms with E-state index in [0.29, 0.717) is 11.5 Å². The van der Waals surface area contributed by atoms with Crippen molar-refractivity contribution in [2.24, 2.45) is 0 Å². The summed E-state index contributed by atoms with van der Waals surface area (Å²) in [7, 11) is 1.43. The molecule has 6 nitrogen and oxygen atoms in total. The maximum atomic E-state index is 13.6. The minimum Gasteiger partial charge on any atom is -0.493 e. The molecule has 0 bridgehead atoms. The summed E-state index contributed by atoms with van der Waals surface area (Å²) in [6, 6.07) is 8.16. The second kappa shape index (κ2) is 9.59. The Bertz CT molecular complexity index is 856. The number of methoxy groups -OCH3 is 1. The van der Waals surface area contributed by atoms with Crippen LogP contribution in [0.15, 0.2) is 49.1 Å². The van der Waals surface area contributed by atoms with E-state index in [4.69, 9.17) is 25.8 Å². The van der Waals surface area contributed by atoms with Crippen molar-refractivity contribution in [3.05, 3.63) is 65.5 Å². The number of amides is 1. The molecule has 142 valence electrons. The van der Waals surface area contributed by atoms with E-state index >= 15 is 0 Å². The zero-order valence-corrected chi connectivity index (χ0v) is 15.2. The van der Waals surface area contributed by atoms with Gasteiger partial charge in [-0.2, -0.15) is 0 Å². The van der Waals surface area contributed by atoms with Gasteiger partial charge in [0, 0.05) is 5.02 Å². The molecule has 0 atom stereocenters. The Labute approximate surface area is 160 Å². The molecule has 8 heteroatoms. The highest BCUT2D eigenvalue weighted by Crippen LogP contribution is 2.28. The van der Waals surface area contributed by atoms with Crippen molar-refractivity contribution in [2.75, 3.05) is 25.6 Å². The molecule has 0 saturated heterocycles. The third-order valence-corrected chi connectivity index (χ3v) is 3.53. The minimum atomic E-state index is -0.745. The molecule has 1 amide bonds. The highest BCUT2D eigenvalue weighted by molar-refractivity contribution is 6.30. The number of ether oxygens (including phenoxy) is 3. The van der Waals surface area contributed by atoms with Crippen molar-refractivity contribution in [3.8, 4) is 11.5 Å². The van der Waals surface area contributed by atoms with Gasteiger partial charge >= 0.3 is 5.97 Å². The molecule has 0 aliphatic carbocycles. The van der Waals surface area contributed by atoms with Crippen LogP contribution in [0.3, 0.4) is 0 Å².